The van der Waals surface area contributed by atoms with E-state index in [2.05, 4.69) is 22.1 Å². The van der Waals surface area contributed by atoms with E-state index in [0.29, 0.717) is 30.1 Å². The first-order valence-corrected chi connectivity index (χ1v) is 9.30. The highest BCUT2D eigenvalue weighted by molar-refractivity contribution is 5.94. The number of nitrogens with zero attached hydrogens (tertiary/aromatic N) is 7. The van der Waals surface area contributed by atoms with Crippen molar-refractivity contribution < 1.29 is 4.79 Å². The third-order valence-electron chi connectivity index (χ3n) is 4.86. The van der Waals surface area contributed by atoms with E-state index >= 15 is 0 Å². The van der Waals surface area contributed by atoms with Gasteiger partial charge in [0.05, 0.1) is 17.8 Å². The second-order valence-electron chi connectivity index (χ2n) is 6.85. The van der Waals surface area contributed by atoms with E-state index in [1.54, 1.807) is 6.20 Å². The fraction of sp³-hybridized carbons (Fsp3) is 0.300. The Morgan fingerprint density at radius 3 is 2.64 bits per heavy atom. The summed E-state index contributed by atoms with van der Waals surface area (Å²) in [5, 5.41) is 8.54. The summed E-state index contributed by atoms with van der Waals surface area (Å²) in [5.74, 6) is 1.54. The average Bonchev–Trinajstić information content (AvgIpc) is 3.40. The number of aryl methyl sites for hydroxylation is 2. The number of fused-ring (bicyclic) bond motifs is 1. The summed E-state index contributed by atoms with van der Waals surface area (Å²) in [7, 11) is 3.90. The van der Waals surface area contributed by atoms with Gasteiger partial charge in [-0.3, -0.25) is 9.20 Å². The summed E-state index contributed by atoms with van der Waals surface area (Å²) in [5.41, 5.74) is 2.25. The second-order valence-corrected chi connectivity index (χ2v) is 6.85. The Morgan fingerprint density at radius 2 is 1.96 bits per heavy atom. The minimum atomic E-state index is -0.0294. The van der Waals surface area contributed by atoms with Crippen LogP contribution >= 0.6 is 0 Å². The van der Waals surface area contributed by atoms with Gasteiger partial charge >= 0.3 is 0 Å². The van der Waals surface area contributed by atoms with Crippen molar-refractivity contribution in [3.63, 3.8) is 0 Å². The number of carbonyl (C=O) groups is 1. The van der Waals surface area contributed by atoms with Gasteiger partial charge in [-0.05, 0) is 30.7 Å². The monoisotopic (exact) mass is 377 g/mol. The van der Waals surface area contributed by atoms with E-state index < -0.39 is 0 Å². The number of rotatable bonds is 6. The van der Waals surface area contributed by atoms with Gasteiger partial charge in [0, 0.05) is 45.4 Å². The minimum absolute atomic E-state index is 0.0294. The lowest BCUT2D eigenvalue weighted by molar-refractivity contribution is 0.0737. The lowest BCUT2D eigenvalue weighted by atomic mass is 10.2. The molecular weight excluding hydrogens is 354 g/mol. The zero-order valence-electron chi connectivity index (χ0n) is 16.3. The van der Waals surface area contributed by atoms with Crippen LogP contribution in [0.1, 0.15) is 29.5 Å². The van der Waals surface area contributed by atoms with Crippen LogP contribution in [0.3, 0.4) is 0 Å². The van der Waals surface area contributed by atoms with Crippen LogP contribution in [0.4, 0.5) is 0 Å². The lowest BCUT2D eigenvalue weighted by Crippen LogP contribution is -2.32. The first-order valence-electron chi connectivity index (χ1n) is 9.30. The van der Waals surface area contributed by atoms with Crippen LogP contribution in [-0.4, -0.2) is 46.1 Å². The van der Waals surface area contributed by atoms with Gasteiger partial charge < -0.3 is 14.0 Å². The highest BCUT2D eigenvalue weighted by Crippen LogP contribution is 2.20. The fourth-order valence-corrected chi connectivity index (χ4v) is 3.31. The number of aromatic nitrogens is 6. The van der Waals surface area contributed by atoms with Gasteiger partial charge in [-0.15, -0.1) is 10.2 Å². The molecule has 1 amide bonds. The van der Waals surface area contributed by atoms with Crippen LogP contribution in [0, 0.1) is 0 Å². The molecule has 0 fully saturated rings. The molecule has 0 aromatic carbocycles. The summed E-state index contributed by atoms with van der Waals surface area (Å²) < 4.78 is 5.79. The molecule has 0 N–H and O–H groups in total. The van der Waals surface area contributed by atoms with Gasteiger partial charge in [0.15, 0.2) is 11.5 Å². The van der Waals surface area contributed by atoms with Crippen LogP contribution in [0.5, 0.6) is 0 Å². The maximum atomic E-state index is 13.2. The summed E-state index contributed by atoms with van der Waals surface area (Å²) in [6.45, 7) is 3.20. The molecule has 8 heteroatoms. The predicted octanol–water partition coefficient (Wildman–Crippen LogP) is 2.52. The maximum Gasteiger partial charge on any atom is 0.255 e. The molecular formula is C20H23N7O. The summed E-state index contributed by atoms with van der Waals surface area (Å²) in [6.07, 6.45) is 8.29. The Hall–Kier alpha value is -3.42. The van der Waals surface area contributed by atoms with Crippen LogP contribution < -0.4 is 0 Å². The van der Waals surface area contributed by atoms with E-state index in [1.807, 2.05) is 75.4 Å². The Bertz CT molecular complexity index is 1120. The first kappa shape index (κ1) is 18.0. The molecule has 4 aromatic heterocycles. The number of pyridine rings is 1. The van der Waals surface area contributed by atoms with E-state index in [1.165, 1.54) is 0 Å². The average molecular weight is 377 g/mol. The SMILES string of the molecule is CCCN(Cc1nccn1C)C(=O)c1ccc2nnc(-c3cccn3C)n2c1. The molecule has 4 heterocycles. The molecule has 0 radical (unpaired) electrons. The Kier molecular flexibility index (Phi) is 4.68. The zero-order chi connectivity index (χ0) is 19.7. The largest absolute Gasteiger partial charge is 0.348 e. The number of imidazole rings is 1. The van der Waals surface area contributed by atoms with Gasteiger partial charge in [0.1, 0.15) is 5.82 Å². The molecule has 144 valence electrons. The Morgan fingerprint density at radius 1 is 1.11 bits per heavy atom. The maximum absolute atomic E-state index is 13.2. The lowest BCUT2D eigenvalue weighted by Gasteiger charge is -2.22. The van der Waals surface area contributed by atoms with Gasteiger partial charge in [0.25, 0.3) is 5.91 Å². The normalized spacial score (nSPS) is 11.2. The molecule has 8 nitrogen and oxygen atoms in total. The smallest absolute Gasteiger partial charge is 0.255 e. The highest BCUT2D eigenvalue weighted by atomic mass is 16.2. The molecule has 0 atom stereocenters. The molecule has 0 aliphatic heterocycles. The molecule has 0 unspecified atom stereocenters. The molecule has 4 rings (SSSR count). The van der Waals surface area contributed by atoms with Crippen LogP contribution in [0.25, 0.3) is 17.2 Å². The van der Waals surface area contributed by atoms with E-state index in [4.69, 9.17) is 0 Å². The van der Waals surface area contributed by atoms with Gasteiger partial charge in [-0.25, -0.2) is 4.98 Å². The van der Waals surface area contributed by atoms with E-state index in [0.717, 1.165) is 17.9 Å². The Balaban J connectivity index is 1.69. The molecule has 4 aromatic rings. The van der Waals surface area contributed by atoms with Crippen molar-refractivity contribution in [2.24, 2.45) is 14.1 Å². The second kappa shape index (κ2) is 7.30. The van der Waals surface area contributed by atoms with Crippen LogP contribution in [0.15, 0.2) is 49.1 Å². The number of hydrogen-bond acceptors (Lipinski definition) is 4. The van der Waals surface area contributed by atoms with Crippen LogP contribution in [-0.2, 0) is 20.6 Å². The molecule has 0 saturated heterocycles. The summed E-state index contributed by atoms with van der Waals surface area (Å²) >= 11 is 0. The van der Waals surface area contributed by atoms with Crippen molar-refractivity contribution in [1.82, 2.24) is 33.6 Å². The van der Waals surface area contributed by atoms with Crippen molar-refractivity contribution in [2.75, 3.05) is 6.54 Å². The Labute approximate surface area is 163 Å². The van der Waals surface area contributed by atoms with E-state index in [-0.39, 0.29) is 5.91 Å². The molecule has 0 aliphatic carbocycles. The van der Waals surface area contributed by atoms with Crippen molar-refractivity contribution in [2.45, 2.75) is 19.9 Å². The number of amides is 1. The third kappa shape index (κ3) is 3.17. The standard InChI is InChI=1S/C20H23N7O/c1-4-10-26(14-18-21-9-12-25(18)3)20(28)15-7-8-17-22-23-19(27(17)13-15)16-6-5-11-24(16)2/h5-9,11-13H,4,10,14H2,1-3H3. The zero-order valence-corrected chi connectivity index (χ0v) is 16.3. The van der Waals surface area contributed by atoms with Crippen molar-refractivity contribution in [3.8, 4) is 11.5 Å². The molecule has 0 spiro atoms. The minimum Gasteiger partial charge on any atom is -0.348 e. The number of carbonyl (C=O) groups excluding carboxylic acids is 1. The predicted molar refractivity (Wildman–Crippen MR) is 106 cm³/mol. The summed E-state index contributed by atoms with van der Waals surface area (Å²) in [4.78, 5) is 19.4. The van der Waals surface area contributed by atoms with Gasteiger partial charge in [-0.1, -0.05) is 6.92 Å². The van der Waals surface area contributed by atoms with Crippen molar-refractivity contribution in [3.05, 3.63) is 60.4 Å². The quantitative estimate of drug-likeness (QED) is 0.518. The van der Waals surface area contributed by atoms with Gasteiger partial charge in [0.2, 0.25) is 0 Å². The molecule has 28 heavy (non-hydrogen) atoms. The summed E-state index contributed by atoms with van der Waals surface area (Å²) in [6, 6.07) is 7.58. The molecule has 0 saturated carbocycles. The van der Waals surface area contributed by atoms with Crippen molar-refractivity contribution >= 4 is 11.6 Å². The number of hydrogen-bond donors (Lipinski definition) is 0. The van der Waals surface area contributed by atoms with Gasteiger partial charge in [-0.2, -0.15) is 0 Å². The van der Waals surface area contributed by atoms with Crippen molar-refractivity contribution in [1.29, 1.82) is 0 Å². The first-order chi connectivity index (χ1) is 13.6. The topological polar surface area (TPSA) is 73.2 Å². The molecule has 0 aliphatic rings. The fourth-order valence-electron chi connectivity index (χ4n) is 3.31. The highest BCUT2D eigenvalue weighted by Gasteiger charge is 2.19. The third-order valence-corrected chi connectivity index (χ3v) is 4.86. The molecule has 0 bridgehead atoms. The van der Waals surface area contributed by atoms with Crippen LogP contribution in [0.2, 0.25) is 0 Å². The van der Waals surface area contributed by atoms with E-state index in [9.17, 15) is 4.79 Å².